The van der Waals surface area contributed by atoms with E-state index in [2.05, 4.69) is 12.2 Å². The molecule has 0 bridgehead atoms. The van der Waals surface area contributed by atoms with Crippen LogP contribution in [-0.4, -0.2) is 6.54 Å². The minimum Gasteiger partial charge on any atom is -0.310 e. The van der Waals surface area contributed by atoms with E-state index in [0.29, 0.717) is 11.1 Å². The zero-order valence-corrected chi connectivity index (χ0v) is 11.5. The molecule has 0 heterocycles. The van der Waals surface area contributed by atoms with Crippen LogP contribution in [0.3, 0.4) is 0 Å². The number of aryl methyl sites for hydroxylation is 1. The maximum Gasteiger partial charge on any atom is 0.128 e. The summed E-state index contributed by atoms with van der Waals surface area (Å²) in [5.41, 5.74) is 0.764. The lowest BCUT2D eigenvalue weighted by Crippen LogP contribution is -2.21. The van der Waals surface area contributed by atoms with E-state index in [-0.39, 0.29) is 17.7 Å². The SMILES string of the molecule is CCCCCCNC(C)c1cc(F)c(C)cc1F. The Morgan fingerprint density at radius 3 is 2.50 bits per heavy atom. The Morgan fingerprint density at radius 1 is 1.11 bits per heavy atom. The van der Waals surface area contributed by atoms with Crippen LogP contribution in [0.25, 0.3) is 0 Å². The molecule has 102 valence electrons. The van der Waals surface area contributed by atoms with Crippen molar-refractivity contribution < 1.29 is 8.78 Å². The van der Waals surface area contributed by atoms with Gasteiger partial charge in [-0.15, -0.1) is 0 Å². The molecule has 0 aliphatic heterocycles. The van der Waals surface area contributed by atoms with Gasteiger partial charge >= 0.3 is 0 Å². The quantitative estimate of drug-likeness (QED) is 0.707. The van der Waals surface area contributed by atoms with Crippen LogP contribution in [0.2, 0.25) is 0 Å². The van der Waals surface area contributed by atoms with Gasteiger partial charge in [-0.25, -0.2) is 8.78 Å². The molecule has 0 fully saturated rings. The van der Waals surface area contributed by atoms with E-state index in [1.54, 1.807) is 6.92 Å². The molecule has 0 radical (unpaired) electrons. The second-order valence-corrected chi connectivity index (χ2v) is 4.86. The Balaban J connectivity index is 2.51. The highest BCUT2D eigenvalue weighted by Crippen LogP contribution is 2.20. The monoisotopic (exact) mass is 255 g/mol. The van der Waals surface area contributed by atoms with E-state index in [9.17, 15) is 8.78 Å². The van der Waals surface area contributed by atoms with E-state index >= 15 is 0 Å². The van der Waals surface area contributed by atoms with Gasteiger partial charge < -0.3 is 5.32 Å². The number of hydrogen-bond donors (Lipinski definition) is 1. The first-order chi connectivity index (χ1) is 8.56. The predicted octanol–water partition coefficient (Wildman–Crippen LogP) is 4.50. The lowest BCUT2D eigenvalue weighted by atomic mass is 10.0. The van der Waals surface area contributed by atoms with Crippen molar-refractivity contribution in [2.24, 2.45) is 0 Å². The highest BCUT2D eigenvalue weighted by molar-refractivity contribution is 5.27. The standard InChI is InChI=1S/C15H23F2N/c1-4-5-6-7-8-18-12(3)13-10-14(16)11(2)9-15(13)17/h9-10,12,18H,4-8H2,1-3H3. The van der Waals surface area contributed by atoms with Gasteiger partial charge in [0.15, 0.2) is 0 Å². The van der Waals surface area contributed by atoms with Gasteiger partial charge in [-0.3, -0.25) is 0 Å². The van der Waals surface area contributed by atoms with E-state index in [4.69, 9.17) is 0 Å². The number of hydrogen-bond acceptors (Lipinski definition) is 1. The number of rotatable bonds is 7. The lowest BCUT2D eigenvalue weighted by Gasteiger charge is -2.15. The highest BCUT2D eigenvalue weighted by Gasteiger charge is 2.13. The molecular weight excluding hydrogens is 232 g/mol. The first kappa shape index (κ1) is 15.1. The second kappa shape index (κ2) is 7.47. The fourth-order valence-electron chi connectivity index (χ4n) is 1.97. The van der Waals surface area contributed by atoms with Crippen molar-refractivity contribution in [2.75, 3.05) is 6.54 Å². The molecule has 1 unspecified atom stereocenters. The average molecular weight is 255 g/mol. The van der Waals surface area contributed by atoms with Crippen LogP contribution in [0.15, 0.2) is 12.1 Å². The Labute approximate surface area is 109 Å². The summed E-state index contributed by atoms with van der Waals surface area (Å²) in [7, 11) is 0. The van der Waals surface area contributed by atoms with E-state index in [1.807, 2.05) is 6.92 Å². The molecule has 1 N–H and O–H groups in total. The molecule has 1 nitrogen and oxygen atoms in total. The van der Waals surface area contributed by atoms with Crippen molar-refractivity contribution in [3.63, 3.8) is 0 Å². The molecule has 0 spiro atoms. The van der Waals surface area contributed by atoms with Crippen molar-refractivity contribution in [2.45, 2.75) is 52.5 Å². The van der Waals surface area contributed by atoms with Gasteiger partial charge in [0.05, 0.1) is 0 Å². The zero-order chi connectivity index (χ0) is 13.5. The van der Waals surface area contributed by atoms with E-state index < -0.39 is 0 Å². The third kappa shape index (κ3) is 4.37. The van der Waals surface area contributed by atoms with Gasteiger partial charge in [-0.1, -0.05) is 26.2 Å². The molecule has 0 aliphatic carbocycles. The number of nitrogens with one attached hydrogen (secondary N) is 1. The van der Waals surface area contributed by atoms with Gasteiger partial charge in [-0.2, -0.15) is 0 Å². The first-order valence-corrected chi connectivity index (χ1v) is 6.75. The van der Waals surface area contributed by atoms with Crippen LogP contribution in [0.1, 0.15) is 56.7 Å². The summed E-state index contributed by atoms with van der Waals surface area (Å²) in [6, 6.07) is 2.41. The smallest absolute Gasteiger partial charge is 0.128 e. The molecular formula is C15H23F2N. The first-order valence-electron chi connectivity index (χ1n) is 6.75. The molecule has 0 aromatic heterocycles. The van der Waals surface area contributed by atoms with Crippen molar-refractivity contribution in [1.29, 1.82) is 0 Å². The summed E-state index contributed by atoms with van der Waals surface area (Å²) in [5, 5.41) is 3.24. The van der Waals surface area contributed by atoms with Gasteiger partial charge in [-0.05, 0) is 44.5 Å². The van der Waals surface area contributed by atoms with Gasteiger partial charge in [0.1, 0.15) is 11.6 Å². The Bertz CT molecular complexity index is 377. The average Bonchev–Trinajstić information content (AvgIpc) is 2.33. The topological polar surface area (TPSA) is 12.0 Å². The fraction of sp³-hybridized carbons (Fsp3) is 0.600. The van der Waals surface area contributed by atoms with Crippen LogP contribution >= 0.6 is 0 Å². The summed E-state index contributed by atoms with van der Waals surface area (Å²) < 4.78 is 27.1. The van der Waals surface area contributed by atoms with Gasteiger partial charge in [0.25, 0.3) is 0 Å². The maximum absolute atomic E-state index is 13.7. The maximum atomic E-state index is 13.7. The molecule has 0 aliphatic rings. The number of benzene rings is 1. The normalized spacial score (nSPS) is 12.7. The fourth-order valence-corrected chi connectivity index (χ4v) is 1.97. The largest absolute Gasteiger partial charge is 0.310 e. The number of unbranched alkanes of at least 4 members (excludes halogenated alkanes) is 3. The molecule has 0 saturated heterocycles. The Kier molecular flexibility index (Phi) is 6.27. The van der Waals surface area contributed by atoms with Crippen molar-refractivity contribution in [1.82, 2.24) is 5.32 Å². The molecule has 1 atom stereocenters. The molecule has 1 aromatic rings. The minimum atomic E-state index is -0.342. The predicted molar refractivity (Wildman–Crippen MR) is 71.7 cm³/mol. The van der Waals surface area contributed by atoms with Crippen molar-refractivity contribution >= 4 is 0 Å². The highest BCUT2D eigenvalue weighted by atomic mass is 19.1. The summed E-state index contributed by atoms with van der Waals surface area (Å²) in [5.74, 6) is -0.673. The third-order valence-electron chi connectivity index (χ3n) is 3.23. The van der Waals surface area contributed by atoms with Crippen LogP contribution in [0.5, 0.6) is 0 Å². The van der Waals surface area contributed by atoms with Gasteiger partial charge in [0, 0.05) is 11.6 Å². The molecule has 1 rings (SSSR count). The van der Waals surface area contributed by atoms with Crippen molar-refractivity contribution in [3.8, 4) is 0 Å². The Hall–Kier alpha value is -0.960. The van der Waals surface area contributed by atoms with Crippen LogP contribution < -0.4 is 5.32 Å². The van der Waals surface area contributed by atoms with Gasteiger partial charge in [0.2, 0.25) is 0 Å². The van der Waals surface area contributed by atoms with Crippen molar-refractivity contribution in [3.05, 3.63) is 34.9 Å². The summed E-state index contributed by atoms with van der Waals surface area (Å²) >= 11 is 0. The zero-order valence-electron chi connectivity index (χ0n) is 11.5. The lowest BCUT2D eigenvalue weighted by molar-refractivity contribution is 0.502. The Morgan fingerprint density at radius 2 is 1.83 bits per heavy atom. The van der Waals surface area contributed by atoms with E-state index in [0.717, 1.165) is 13.0 Å². The summed E-state index contributed by atoms with van der Waals surface area (Å²) in [4.78, 5) is 0. The second-order valence-electron chi connectivity index (χ2n) is 4.86. The van der Waals surface area contributed by atoms with E-state index in [1.165, 1.54) is 31.4 Å². The molecule has 18 heavy (non-hydrogen) atoms. The molecule has 0 saturated carbocycles. The summed E-state index contributed by atoms with van der Waals surface area (Å²) in [6.07, 6.45) is 4.69. The van der Waals surface area contributed by atoms with Crippen LogP contribution in [-0.2, 0) is 0 Å². The van der Waals surface area contributed by atoms with Crippen LogP contribution in [0, 0.1) is 18.6 Å². The molecule has 3 heteroatoms. The minimum absolute atomic E-state index is 0.151. The van der Waals surface area contributed by atoms with Crippen LogP contribution in [0.4, 0.5) is 8.78 Å². The molecule has 0 amide bonds. The summed E-state index contributed by atoms with van der Waals surface area (Å²) in [6.45, 7) is 6.45. The number of halogens is 2. The third-order valence-corrected chi connectivity index (χ3v) is 3.23. The molecule has 1 aromatic carbocycles.